The van der Waals surface area contributed by atoms with E-state index in [4.69, 9.17) is 4.74 Å². The van der Waals surface area contributed by atoms with Crippen molar-refractivity contribution in [3.8, 4) is 0 Å². The van der Waals surface area contributed by atoms with Gasteiger partial charge < -0.3 is 15.0 Å². The first-order valence-corrected chi connectivity index (χ1v) is 8.09. The van der Waals surface area contributed by atoms with Gasteiger partial charge in [-0.2, -0.15) is 0 Å². The van der Waals surface area contributed by atoms with Crippen molar-refractivity contribution >= 4 is 11.6 Å². The van der Waals surface area contributed by atoms with Gasteiger partial charge >= 0.3 is 0 Å². The number of para-hydroxylation sites is 1. The molecule has 1 saturated heterocycles. The highest BCUT2D eigenvalue weighted by Crippen LogP contribution is 2.41. The molecule has 21 heavy (non-hydrogen) atoms. The van der Waals surface area contributed by atoms with Gasteiger partial charge in [0, 0.05) is 18.8 Å². The lowest BCUT2D eigenvalue weighted by Gasteiger charge is -2.47. The van der Waals surface area contributed by atoms with Crippen molar-refractivity contribution in [1.29, 1.82) is 0 Å². The molecule has 4 nitrogen and oxygen atoms in total. The van der Waals surface area contributed by atoms with E-state index in [9.17, 15) is 4.79 Å². The summed E-state index contributed by atoms with van der Waals surface area (Å²) in [5.41, 5.74) is 1.61. The molecule has 2 fully saturated rings. The lowest BCUT2D eigenvalue weighted by atomic mass is 9.97. The van der Waals surface area contributed by atoms with Crippen LogP contribution in [0.15, 0.2) is 24.3 Å². The standard InChI is InChI=1S/C17H22N2O2/c20-16-14-7-1-2-8-15(14)18-17(9-3-4-10-17)19(16)12-13-6-5-11-21-13/h1-2,7-8,13,18H,3-6,9-12H2. The summed E-state index contributed by atoms with van der Waals surface area (Å²) >= 11 is 0. The molecule has 1 spiro atoms. The topological polar surface area (TPSA) is 41.6 Å². The maximum Gasteiger partial charge on any atom is 0.257 e. The number of fused-ring (bicyclic) bond motifs is 1. The number of ether oxygens (including phenoxy) is 1. The highest BCUT2D eigenvalue weighted by atomic mass is 16.5. The lowest BCUT2D eigenvalue weighted by molar-refractivity contribution is 0.0225. The minimum Gasteiger partial charge on any atom is -0.376 e. The predicted molar refractivity (Wildman–Crippen MR) is 81.3 cm³/mol. The number of nitrogens with one attached hydrogen (secondary N) is 1. The van der Waals surface area contributed by atoms with Gasteiger partial charge in [0.25, 0.3) is 5.91 Å². The molecule has 4 heteroatoms. The first kappa shape index (κ1) is 13.1. The van der Waals surface area contributed by atoms with Crippen LogP contribution >= 0.6 is 0 Å². The summed E-state index contributed by atoms with van der Waals surface area (Å²) in [6.45, 7) is 1.56. The molecule has 0 aromatic heterocycles. The van der Waals surface area contributed by atoms with E-state index in [1.165, 1.54) is 12.8 Å². The third kappa shape index (κ3) is 2.13. The fraction of sp³-hybridized carbons (Fsp3) is 0.588. The summed E-state index contributed by atoms with van der Waals surface area (Å²) in [6, 6.07) is 7.89. The van der Waals surface area contributed by atoms with Crippen LogP contribution in [-0.4, -0.2) is 35.7 Å². The Hall–Kier alpha value is -1.55. The molecular formula is C17H22N2O2. The van der Waals surface area contributed by atoms with Crippen molar-refractivity contribution in [3.05, 3.63) is 29.8 Å². The minimum absolute atomic E-state index is 0.168. The van der Waals surface area contributed by atoms with E-state index in [0.29, 0.717) is 0 Å². The van der Waals surface area contributed by atoms with Crippen LogP contribution in [-0.2, 0) is 4.74 Å². The average molecular weight is 286 g/mol. The number of anilines is 1. The summed E-state index contributed by atoms with van der Waals surface area (Å²) in [5.74, 6) is 0.168. The highest BCUT2D eigenvalue weighted by molar-refractivity contribution is 6.02. The molecule has 112 valence electrons. The number of rotatable bonds is 2. The van der Waals surface area contributed by atoms with Crippen molar-refractivity contribution < 1.29 is 9.53 Å². The van der Waals surface area contributed by atoms with E-state index in [-0.39, 0.29) is 17.7 Å². The summed E-state index contributed by atoms with van der Waals surface area (Å²) in [6.07, 6.45) is 6.85. The Morgan fingerprint density at radius 2 is 2.05 bits per heavy atom. The Morgan fingerprint density at radius 3 is 2.81 bits per heavy atom. The zero-order valence-electron chi connectivity index (χ0n) is 12.3. The summed E-state index contributed by atoms with van der Waals surface area (Å²) in [7, 11) is 0. The molecule has 0 bridgehead atoms. The van der Waals surface area contributed by atoms with Crippen LogP contribution in [0.2, 0.25) is 0 Å². The van der Waals surface area contributed by atoms with Gasteiger partial charge in [-0.05, 0) is 50.7 Å². The van der Waals surface area contributed by atoms with E-state index in [1.807, 2.05) is 24.3 Å². The second-order valence-electron chi connectivity index (χ2n) is 6.46. The number of amides is 1. The van der Waals surface area contributed by atoms with Crippen molar-refractivity contribution in [2.24, 2.45) is 0 Å². The van der Waals surface area contributed by atoms with E-state index >= 15 is 0 Å². The van der Waals surface area contributed by atoms with E-state index in [2.05, 4.69) is 10.2 Å². The molecule has 1 aromatic rings. The van der Waals surface area contributed by atoms with E-state index in [1.54, 1.807) is 0 Å². The second-order valence-corrected chi connectivity index (χ2v) is 6.46. The maximum atomic E-state index is 13.0. The summed E-state index contributed by atoms with van der Waals surface area (Å²) in [4.78, 5) is 15.1. The van der Waals surface area contributed by atoms with Gasteiger partial charge in [0.05, 0.1) is 11.7 Å². The largest absolute Gasteiger partial charge is 0.376 e. The SMILES string of the molecule is O=C1c2ccccc2NC2(CCCC2)N1CC1CCCO1. The predicted octanol–water partition coefficient (Wildman–Crippen LogP) is 3.00. The Kier molecular flexibility index (Phi) is 3.14. The maximum absolute atomic E-state index is 13.0. The Labute approximate surface area is 125 Å². The Balaban J connectivity index is 1.69. The third-order valence-corrected chi connectivity index (χ3v) is 5.13. The van der Waals surface area contributed by atoms with Gasteiger partial charge in [-0.1, -0.05) is 12.1 Å². The Morgan fingerprint density at radius 1 is 1.24 bits per heavy atom. The molecule has 2 heterocycles. The van der Waals surface area contributed by atoms with Gasteiger partial charge in [0.15, 0.2) is 0 Å². The van der Waals surface area contributed by atoms with Crippen LogP contribution in [0.4, 0.5) is 5.69 Å². The molecule has 1 aliphatic carbocycles. The van der Waals surface area contributed by atoms with Gasteiger partial charge in [0.2, 0.25) is 0 Å². The molecule has 1 amide bonds. The fourth-order valence-corrected chi connectivity index (χ4v) is 4.04. The second kappa shape index (κ2) is 5.02. The van der Waals surface area contributed by atoms with Gasteiger partial charge in [-0.25, -0.2) is 0 Å². The first-order valence-electron chi connectivity index (χ1n) is 8.09. The number of hydrogen-bond acceptors (Lipinski definition) is 3. The fourth-order valence-electron chi connectivity index (χ4n) is 4.04. The van der Waals surface area contributed by atoms with Crippen molar-refractivity contribution in [2.45, 2.75) is 50.3 Å². The van der Waals surface area contributed by atoms with Crippen LogP contribution in [0.25, 0.3) is 0 Å². The van der Waals surface area contributed by atoms with Crippen LogP contribution in [0, 0.1) is 0 Å². The molecule has 1 unspecified atom stereocenters. The van der Waals surface area contributed by atoms with Crippen LogP contribution in [0.1, 0.15) is 48.9 Å². The molecule has 1 saturated carbocycles. The molecule has 1 atom stereocenters. The molecule has 1 aromatic carbocycles. The number of benzene rings is 1. The molecule has 2 aliphatic heterocycles. The zero-order chi connectivity index (χ0) is 14.3. The van der Waals surface area contributed by atoms with E-state index in [0.717, 1.165) is 50.1 Å². The molecular weight excluding hydrogens is 264 g/mol. The van der Waals surface area contributed by atoms with Crippen LogP contribution < -0.4 is 5.32 Å². The first-order chi connectivity index (χ1) is 10.3. The number of carbonyl (C=O) groups is 1. The van der Waals surface area contributed by atoms with Crippen molar-refractivity contribution in [3.63, 3.8) is 0 Å². The number of hydrogen-bond donors (Lipinski definition) is 1. The van der Waals surface area contributed by atoms with E-state index < -0.39 is 0 Å². The molecule has 0 radical (unpaired) electrons. The lowest BCUT2D eigenvalue weighted by Crippen LogP contribution is -2.60. The number of carbonyl (C=O) groups excluding carboxylic acids is 1. The minimum atomic E-state index is -0.183. The van der Waals surface area contributed by atoms with Gasteiger partial charge in [-0.3, -0.25) is 4.79 Å². The van der Waals surface area contributed by atoms with Crippen molar-refractivity contribution in [2.75, 3.05) is 18.5 Å². The highest BCUT2D eigenvalue weighted by Gasteiger charge is 2.47. The summed E-state index contributed by atoms with van der Waals surface area (Å²) < 4.78 is 5.77. The normalized spacial score (nSPS) is 27.0. The van der Waals surface area contributed by atoms with Gasteiger partial charge in [0.1, 0.15) is 5.66 Å². The molecule has 3 aliphatic rings. The Bertz CT molecular complexity index is 545. The smallest absolute Gasteiger partial charge is 0.257 e. The quantitative estimate of drug-likeness (QED) is 0.908. The molecule has 4 rings (SSSR count). The third-order valence-electron chi connectivity index (χ3n) is 5.13. The summed E-state index contributed by atoms with van der Waals surface area (Å²) in [5, 5.41) is 3.68. The average Bonchev–Trinajstić information content (AvgIpc) is 3.16. The monoisotopic (exact) mass is 286 g/mol. The molecule has 1 N–H and O–H groups in total. The van der Waals surface area contributed by atoms with Crippen LogP contribution in [0.3, 0.4) is 0 Å². The van der Waals surface area contributed by atoms with Crippen molar-refractivity contribution in [1.82, 2.24) is 4.90 Å². The number of nitrogens with zero attached hydrogens (tertiary/aromatic N) is 1. The zero-order valence-corrected chi connectivity index (χ0v) is 12.3. The van der Waals surface area contributed by atoms with Gasteiger partial charge in [-0.15, -0.1) is 0 Å². The van der Waals surface area contributed by atoms with Crippen LogP contribution in [0.5, 0.6) is 0 Å².